The van der Waals surface area contributed by atoms with E-state index in [9.17, 15) is 19.5 Å². The number of likely N-dealkylation sites (N-methyl/N-ethyl adjacent to an activating group) is 1. The Bertz CT molecular complexity index is 1480. The fourth-order valence-electron chi connectivity index (χ4n) is 5.98. The second-order valence-electron chi connectivity index (χ2n) is 16.4. The molecule has 0 aromatic rings. The highest BCUT2D eigenvalue weighted by atomic mass is 16.6. The van der Waals surface area contributed by atoms with Crippen LogP contribution >= 0.6 is 0 Å². The zero-order valence-electron chi connectivity index (χ0n) is 39.9. The maximum absolute atomic E-state index is 12.8. The van der Waals surface area contributed by atoms with E-state index in [1.54, 1.807) is 21.1 Å². The molecule has 0 aliphatic heterocycles. The van der Waals surface area contributed by atoms with Gasteiger partial charge in [0, 0.05) is 19.3 Å². The van der Waals surface area contributed by atoms with E-state index >= 15 is 0 Å². The number of quaternary nitrogens is 1. The Hall–Kier alpha value is -4.53. The molecular formula is C55H85NO7. The number of esters is 2. The van der Waals surface area contributed by atoms with Crippen LogP contribution in [0.15, 0.2) is 134 Å². The highest BCUT2D eigenvalue weighted by Gasteiger charge is 2.25. The van der Waals surface area contributed by atoms with Crippen LogP contribution in [-0.4, -0.2) is 75.5 Å². The van der Waals surface area contributed by atoms with Crippen LogP contribution in [0.3, 0.4) is 0 Å². The van der Waals surface area contributed by atoms with Crippen LogP contribution in [0.2, 0.25) is 0 Å². The maximum Gasteiger partial charge on any atom is 0.306 e. The van der Waals surface area contributed by atoms with Crippen molar-refractivity contribution in [3.63, 3.8) is 0 Å². The molecule has 2 unspecified atom stereocenters. The van der Waals surface area contributed by atoms with Crippen LogP contribution < -0.4 is 5.11 Å². The molecule has 0 saturated carbocycles. The van der Waals surface area contributed by atoms with E-state index in [0.717, 1.165) is 96.3 Å². The summed E-state index contributed by atoms with van der Waals surface area (Å²) in [4.78, 5) is 37.0. The normalized spacial score (nSPS) is 14.1. The van der Waals surface area contributed by atoms with Crippen molar-refractivity contribution in [1.82, 2.24) is 0 Å². The molecule has 0 amide bonds. The zero-order valence-corrected chi connectivity index (χ0v) is 39.9. The lowest BCUT2D eigenvalue weighted by atomic mass is 10.1. The lowest BCUT2D eigenvalue weighted by molar-refractivity contribution is -0.889. The van der Waals surface area contributed by atoms with Gasteiger partial charge in [0.2, 0.25) is 0 Å². The largest absolute Gasteiger partial charge is 0.544 e. The number of carboxylic acids is 1. The van der Waals surface area contributed by atoms with Crippen molar-refractivity contribution in [2.24, 2.45) is 0 Å². The third kappa shape index (κ3) is 42.5. The molecule has 0 rings (SSSR count). The summed E-state index contributed by atoms with van der Waals surface area (Å²) >= 11 is 0. The fraction of sp³-hybridized carbons (Fsp3) is 0.545. The van der Waals surface area contributed by atoms with E-state index in [0.29, 0.717) is 12.8 Å². The van der Waals surface area contributed by atoms with Crippen molar-refractivity contribution in [2.45, 2.75) is 154 Å². The van der Waals surface area contributed by atoms with Crippen LogP contribution in [0.25, 0.3) is 0 Å². The minimum Gasteiger partial charge on any atom is -0.544 e. The molecule has 0 saturated heterocycles. The van der Waals surface area contributed by atoms with Gasteiger partial charge in [-0.2, -0.15) is 0 Å². The van der Waals surface area contributed by atoms with E-state index in [1.807, 2.05) is 36.5 Å². The molecule has 0 aliphatic rings. The van der Waals surface area contributed by atoms with E-state index in [1.165, 1.54) is 6.42 Å². The zero-order chi connectivity index (χ0) is 46.3. The standard InChI is InChI=1S/C55H85NO7/c1-6-8-10-12-14-16-18-20-22-24-26-27-28-30-32-34-36-38-40-42-44-46-54(58)63-51(49-61-48-47-52(55(59)60)56(3,4)5)50-62-53(57)45-43-41-39-37-35-33-31-29-25-23-21-19-17-15-13-11-9-7-2/h8,10-11,13-17,19-23,25-27,29-32,36,38,51-52H,6-7,9,12,18,24,28,33-35,37,39-50H2,1-5H3/b10-8+,13-11+,16-14+,17-15+,21-19+,22-20+,25-23+,27-26+,31-29+,32-30+,38-36+. The highest BCUT2D eigenvalue weighted by molar-refractivity contribution is 5.70. The average Bonchev–Trinajstić information content (AvgIpc) is 3.24. The number of hydrogen-bond acceptors (Lipinski definition) is 7. The third-order valence-corrected chi connectivity index (χ3v) is 9.63. The molecule has 0 radical (unpaired) electrons. The quantitative estimate of drug-likeness (QED) is 0.0199. The van der Waals surface area contributed by atoms with Gasteiger partial charge in [0.25, 0.3) is 0 Å². The number of ether oxygens (including phenoxy) is 3. The second kappa shape index (κ2) is 44.1. The van der Waals surface area contributed by atoms with Gasteiger partial charge in [0.05, 0.1) is 40.3 Å². The summed E-state index contributed by atoms with van der Waals surface area (Å²) in [5.41, 5.74) is 0. The van der Waals surface area contributed by atoms with Crippen molar-refractivity contribution in [1.29, 1.82) is 0 Å². The van der Waals surface area contributed by atoms with Gasteiger partial charge in [0.1, 0.15) is 12.6 Å². The Morgan fingerprint density at radius 3 is 1.49 bits per heavy atom. The average molecular weight is 872 g/mol. The van der Waals surface area contributed by atoms with Crippen LogP contribution in [-0.2, 0) is 28.6 Å². The summed E-state index contributed by atoms with van der Waals surface area (Å²) in [7, 11) is 5.37. The summed E-state index contributed by atoms with van der Waals surface area (Å²) in [6.45, 7) is 4.35. The summed E-state index contributed by atoms with van der Waals surface area (Å²) in [5.74, 6) is -1.85. The van der Waals surface area contributed by atoms with E-state index in [2.05, 4.69) is 111 Å². The van der Waals surface area contributed by atoms with Gasteiger partial charge < -0.3 is 28.6 Å². The first-order valence-electron chi connectivity index (χ1n) is 23.8. The van der Waals surface area contributed by atoms with Crippen LogP contribution in [0.1, 0.15) is 142 Å². The van der Waals surface area contributed by atoms with Gasteiger partial charge in [-0.25, -0.2) is 0 Å². The first-order valence-corrected chi connectivity index (χ1v) is 23.8. The molecule has 8 nitrogen and oxygen atoms in total. The highest BCUT2D eigenvalue weighted by Crippen LogP contribution is 2.11. The van der Waals surface area contributed by atoms with E-state index in [4.69, 9.17) is 14.2 Å². The van der Waals surface area contributed by atoms with Gasteiger partial charge >= 0.3 is 11.9 Å². The molecular weight excluding hydrogens is 787 g/mol. The lowest BCUT2D eigenvalue weighted by Gasteiger charge is -2.34. The Kier molecular flexibility index (Phi) is 40.9. The molecule has 0 aromatic carbocycles. The third-order valence-electron chi connectivity index (χ3n) is 9.63. The smallest absolute Gasteiger partial charge is 0.306 e. The molecule has 0 heterocycles. The van der Waals surface area contributed by atoms with Crippen molar-refractivity contribution >= 4 is 17.9 Å². The first-order chi connectivity index (χ1) is 30.6. The molecule has 2 atom stereocenters. The summed E-state index contributed by atoms with van der Waals surface area (Å²) in [6.07, 6.45) is 63.3. The predicted octanol–water partition coefficient (Wildman–Crippen LogP) is 12.2. The minimum absolute atomic E-state index is 0.00373. The molecule has 0 N–H and O–H groups in total. The van der Waals surface area contributed by atoms with Gasteiger partial charge in [-0.1, -0.05) is 173 Å². The Labute approximate surface area is 383 Å². The first kappa shape index (κ1) is 58.5. The van der Waals surface area contributed by atoms with Crippen LogP contribution in [0.5, 0.6) is 0 Å². The summed E-state index contributed by atoms with van der Waals surface area (Å²) < 4.78 is 17.1. The van der Waals surface area contributed by atoms with Gasteiger partial charge in [-0.15, -0.1) is 0 Å². The molecule has 63 heavy (non-hydrogen) atoms. The second-order valence-corrected chi connectivity index (χ2v) is 16.4. The predicted molar refractivity (Wildman–Crippen MR) is 263 cm³/mol. The number of allylic oxidation sites excluding steroid dienone is 22. The molecule has 0 aromatic heterocycles. The number of unbranched alkanes of at least 4 members (excludes halogenated alkanes) is 8. The molecule has 0 fully saturated rings. The number of carbonyl (C=O) groups is 3. The molecule has 352 valence electrons. The topological polar surface area (TPSA) is 102 Å². The lowest BCUT2D eigenvalue weighted by Crippen LogP contribution is -2.55. The van der Waals surface area contributed by atoms with E-state index < -0.39 is 18.1 Å². The number of aliphatic carboxylic acids is 1. The molecule has 0 bridgehead atoms. The number of nitrogens with zero attached hydrogens (tertiary/aromatic N) is 1. The minimum atomic E-state index is -1.14. The molecule has 0 spiro atoms. The summed E-state index contributed by atoms with van der Waals surface area (Å²) in [5, 5.41) is 11.7. The monoisotopic (exact) mass is 872 g/mol. The van der Waals surface area contributed by atoms with Gasteiger partial charge in [-0.05, 0) is 83.5 Å². The van der Waals surface area contributed by atoms with Crippen LogP contribution in [0.4, 0.5) is 0 Å². The number of carbonyl (C=O) groups excluding carboxylic acids is 3. The molecule has 8 heteroatoms. The SMILES string of the molecule is CC/C=C/C/C=C/C/C=C/C/C=C/C/C=C/C/C=C/CCCCC(=O)OC(COCCC(C(=O)[O-])[N+](C)(C)C)COC(=O)CCCCCCC/C=C/C=C/C=C/C=C/C=C/CCC. The van der Waals surface area contributed by atoms with Crippen molar-refractivity contribution in [3.05, 3.63) is 134 Å². The Morgan fingerprint density at radius 1 is 0.508 bits per heavy atom. The summed E-state index contributed by atoms with van der Waals surface area (Å²) in [6, 6.07) is -0.748. The fourth-order valence-corrected chi connectivity index (χ4v) is 5.98. The number of rotatable bonds is 40. The number of hydrogen-bond donors (Lipinski definition) is 0. The Balaban J connectivity index is 4.49. The van der Waals surface area contributed by atoms with Crippen LogP contribution in [0, 0.1) is 0 Å². The van der Waals surface area contributed by atoms with Crippen molar-refractivity contribution in [3.8, 4) is 0 Å². The van der Waals surface area contributed by atoms with E-state index in [-0.39, 0.29) is 49.1 Å². The Morgan fingerprint density at radius 2 is 0.952 bits per heavy atom. The van der Waals surface area contributed by atoms with Crippen molar-refractivity contribution < 1.29 is 38.2 Å². The van der Waals surface area contributed by atoms with Crippen molar-refractivity contribution in [2.75, 3.05) is 41.0 Å². The van der Waals surface area contributed by atoms with Gasteiger partial charge in [-0.3, -0.25) is 9.59 Å². The maximum atomic E-state index is 12.8. The number of carboxylic acid groups (broad SMARTS) is 1. The molecule has 0 aliphatic carbocycles. The van der Waals surface area contributed by atoms with Gasteiger partial charge in [0.15, 0.2) is 6.10 Å².